The highest BCUT2D eigenvalue weighted by Crippen LogP contribution is 2.25. The number of hydrogen-bond donors (Lipinski definition) is 2. The van der Waals surface area contributed by atoms with E-state index >= 15 is 0 Å². The van der Waals surface area contributed by atoms with E-state index in [2.05, 4.69) is 22.8 Å². The molecule has 0 fully saturated rings. The summed E-state index contributed by atoms with van der Waals surface area (Å²) < 4.78 is 0. The molecule has 3 nitrogen and oxygen atoms in total. The molecule has 0 heterocycles. The van der Waals surface area contributed by atoms with Crippen molar-refractivity contribution in [3.05, 3.63) is 94.0 Å². The van der Waals surface area contributed by atoms with Crippen LogP contribution in [0, 0.1) is 0 Å². The molecule has 2 amide bonds. The van der Waals surface area contributed by atoms with E-state index in [4.69, 9.17) is 23.2 Å². The number of hydrogen-bond acceptors (Lipinski definition) is 1. The summed E-state index contributed by atoms with van der Waals surface area (Å²) in [6, 6.07) is 22.5. The van der Waals surface area contributed by atoms with Crippen LogP contribution in [0.15, 0.2) is 72.8 Å². The molecular formula is C20H16Cl2N2O. The summed E-state index contributed by atoms with van der Waals surface area (Å²) in [5.74, 6) is 0. The molecule has 3 rings (SSSR count). The Morgan fingerprint density at radius 1 is 0.800 bits per heavy atom. The first-order chi connectivity index (χ1) is 12.1. The van der Waals surface area contributed by atoms with Crippen molar-refractivity contribution in [2.24, 2.45) is 0 Å². The summed E-state index contributed by atoms with van der Waals surface area (Å²) in [5, 5.41) is 6.48. The van der Waals surface area contributed by atoms with Crippen LogP contribution >= 0.6 is 23.2 Å². The second kappa shape index (κ2) is 8.06. The zero-order valence-corrected chi connectivity index (χ0v) is 14.8. The van der Waals surface area contributed by atoms with Crippen molar-refractivity contribution >= 4 is 40.6 Å². The van der Waals surface area contributed by atoms with Crippen LogP contribution in [-0.4, -0.2) is 6.03 Å². The van der Waals surface area contributed by atoms with E-state index < -0.39 is 0 Å². The summed E-state index contributed by atoms with van der Waals surface area (Å²) in [7, 11) is 0. The predicted octanol–water partition coefficient (Wildman–Crippen LogP) is 6.23. The number of amides is 2. The fraction of sp³-hybridized carbons (Fsp3) is 0.0500. The normalized spacial score (nSPS) is 10.3. The molecular weight excluding hydrogens is 355 g/mol. The van der Waals surface area contributed by atoms with Crippen LogP contribution < -0.4 is 10.6 Å². The maximum Gasteiger partial charge on any atom is 0.323 e. The average Bonchev–Trinajstić information content (AvgIpc) is 2.61. The van der Waals surface area contributed by atoms with Gasteiger partial charge in [0, 0.05) is 11.4 Å². The molecule has 0 bridgehead atoms. The highest BCUT2D eigenvalue weighted by Gasteiger charge is 2.08. The molecule has 0 aromatic heterocycles. The lowest BCUT2D eigenvalue weighted by Gasteiger charge is -2.12. The number of rotatable bonds is 4. The molecule has 2 N–H and O–H groups in total. The van der Waals surface area contributed by atoms with Crippen LogP contribution in [0.3, 0.4) is 0 Å². The predicted molar refractivity (Wildman–Crippen MR) is 105 cm³/mol. The zero-order chi connectivity index (χ0) is 17.6. The van der Waals surface area contributed by atoms with Gasteiger partial charge in [0.25, 0.3) is 0 Å². The number of carbonyl (C=O) groups is 1. The number of halogens is 2. The van der Waals surface area contributed by atoms with Crippen LogP contribution in [0.4, 0.5) is 16.2 Å². The van der Waals surface area contributed by atoms with E-state index in [-0.39, 0.29) is 6.03 Å². The molecule has 0 atom stereocenters. The number of benzene rings is 3. The van der Waals surface area contributed by atoms with Gasteiger partial charge in [0.2, 0.25) is 0 Å². The van der Waals surface area contributed by atoms with Gasteiger partial charge in [-0.2, -0.15) is 0 Å². The molecule has 5 heteroatoms. The first-order valence-corrected chi connectivity index (χ1v) is 8.52. The van der Waals surface area contributed by atoms with E-state index in [1.165, 1.54) is 5.56 Å². The lowest BCUT2D eigenvalue weighted by Crippen LogP contribution is -2.20. The van der Waals surface area contributed by atoms with Crippen molar-refractivity contribution < 1.29 is 4.79 Å². The number of nitrogens with one attached hydrogen (secondary N) is 2. The van der Waals surface area contributed by atoms with Gasteiger partial charge >= 0.3 is 6.03 Å². The highest BCUT2D eigenvalue weighted by molar-refractivity contribution is 6.42. The Morgan fingerprint density at radius 3 is 2.28 bits per heavy atom. The Kier molecular flexibility index (Phi) is 5.59. The van der Waals surface area contributed by atoms with Crippen molar-refractivity contribution in [3.63, 3.8) is 0 Å². The number of anilines is 2. The molecule has 0 aliphatic carbocycles. The van der Waals surface area contributed by atoms with Gasteiger partial charge in [-0.05, 0) is 41.8 Å². The van der Waals surface area contributed by atoms with E-state index in [9.17, 15) is 4.79 Å². The smallest absolute Gasteiger partial charge is 0.308 e. The summed E-state index contributed by atoms with van der Waals surface area (Å²) >= 11 is 11.9. The lowest BCUT2D eigenvalue weighted by molar-refractivity contribution is 0.262. The third-order valence-electron chi connectivity index (χ3n) is 3.68. The van der Waals surface area contributed by atoms with Crippen molar-refractivity contribution in [1.29, 1.82) is 0 Å². The van der Waals surface area contributed by atoms with Crippen LogP contribution in [0.2, 0.25) is 10.0 Å². The van der Waals surface area contributed by atoms with Crippen LogP contribution in [0.5, 0.6) is 0 Å². The first kappa shape index (κ1) is 17.3. The molecule has 0 unspecified atom stereocenters. The molecule has 0 aliphatic heterocycles. The molecule has 126 valence electrons. The fourth-order valence-electron chi connectivity index (χ4n) is 2.47. The van der Waals surface area contributed by atoms with Gasteiger partial charge in [-0.25, -0.2) is 4.79 Å². The molecule has 25 heavy (non-hydrogen) atoms. The van der Waals surface area contributed by atoms with E-state index in [1.54, 1.807) is 18.2 Å². The van der Waals surface area contributed by atoms with E-state index in [0.29, 0.717) is 15.7 Å². The van der Waals surface area contributed by atoms with Crippen molar-refractivity contribution in [2.75, 3.05) is 10.6 Å². The Morgan fingerprint density at radius 2 is 1.52 bits per heavy atom. The van der Waals surface area contributed by atoms with Gasteiger partial charge < -0.3 is 10.6 Å². The fourth-order valence-corrected chi connectivity index (χ4v) is 2.77. The lowest BCUT2D eigenvalue weighted by atomic mass is 10.0. The van der Waals surface area contributed by atoms with E-state index in [0.717, 1.165) is 17.7 Å². The van der Waals surface area contributed by atoms with Gasteiger partial charge in [-0.3, -0.25) is 0 Å². The maximum absolute atomic E-state index is 12.3. The summed E-state index contributed by atoms with van der Waals surface area (Å²) in [4.78, 5) is 12.3. The topological polar surface area (TPSA) is 41.1 Å². The van der Waals surface area contributed by atoms with Crippen molar-refractivity contribution in [1.82, 2.24) is 0 Å². The minimum absolute atomic E-state index is 0.334. The Labute approximate surface area is 156 Å². The SMILES string of the molecule is O=C(Nc1ccc(Cl)c(Cl)c1)Nc1ccccc1Cc1ccccc1. The number of urea groups is 1. The third-order valence-corrected chi connectivity index (χ3v) is 4.42. The quantitative estimate of drug-likeness (QED) is 0.561. The molecule has 0 aliphatic rings. The van der Waals surface area contributed by atoms with Crippen molar-refractivity contribution in [2.45, 2.75) is 6.42 Å². The molecule has 0 radical (unpaired) electrons. The Hall–Kier alpha value is -2.49. The summed E-state index contributed by atoms with van der Waals surface area (Å²) in [6.07, 6.45) is 0.740. The molecule has 3 aromatic carbocycles. The molecule has 3 aromatic rings. The third kappa shape index (κ3) is 4.75. The Balaban J connectivity index is 1.72. The molecule has 0 spiro atoms. The summed E-state index contributed by atoms with van der Waals surface area (Å²) in [6.45, 7) is 0. The molecule has 0 saturated heterocycles. The highest BCUT2D eigenvalue weighted by atomic mass is 35.5. The zero-order valence-electron chi connectivity index (χ0n) is 13.3. The largest absolute Gasteiger partial charge is 0.323 e. The number of para-hydroxylation sites is 1. The maximum atomic E-state index is 12.3. The first-order valence-electron chi connectivity index (χ1n) is 7.77. The Bertz CT molecular complexity index is 882. The van der Waals surface area contributed by atoms with Crippen molar-refractivity contribution in [3.8, 4) is 0 Å². The van der Waals surface area contributed by atoms with Gasteiger partial charge in [-0.15, -0.1) is 0 Å². The average molecular weight is 371 g/mol. The minimum atomic E-state index is -0.334. The minimum Gasteiger partial charge on any atom is -0.308 e. The van der Waals surface area contributed by atoms with Gasteiger partial charge in [-0.1, -0.05) is 71.7 Å². The van der Waals surface area contributed by atoms with E-state index in [1.807, 2.05) is 42.5 Å². The van der Waals surface area contributed by atoms with Crippen LogP contribution in [-0.2, 0) is 6.42 Å². The van der Waals surface area contributed by atoms with Crippen LogP contribution in [0.25, 0.3) is 0 Å². The number of carbonyl (C=O) groups excluding carboxylic acids is 1. The second-order valence-corrected chi connectivity index (χ2v) is 6.34. The summed E-state index contributed by atoms with van der Waals surface area (Å²) in [5.41, 5.74) is 3.57. The van der Waals surface area contributed by atoms with Gasteiger partial charge in [0.05, 0.1) is 10.0 Å². The standard InChI is InChI=1S/C20H16Cl2N2O/c21-17-11-10-16(13-18(17)22)23-20(25)24-19-9-5-4-8-15(19)12-14-6-2-1-3-7-14/h1-11,13H,12H2,(H2,23,24,25). The van der Waals surface area contributed by atoms with Gasteiger partial charge in [0.1, 0.15) is 0 Å². The van der Waals surface area contributed by atoms with Gasteiger partial charge in [0.15, 0.2) is 0 Å². The monoisotopic (exact) mass is 370 g/mol. The second-order valence-electron chi connectivity index (χ2n) is 5.53. The van der Waals surface area contributed by atoms with Crippen LogP contribution in [0.1, 0.15) is 11.1 Å². The molecule has 0 saturated carbocycles.